The first-order valence-corrected chi connectivity index (χ1v) is 7.78. The molecule has 5 nitrogen and oxygen atoms in total. The van der Waals surface area contributed by atoms with Crippen molar-refractivity contribution in [2.24, 2.45) is 0 Å². The average molecular weight is 371 g/mol. The highest BCUT2D eigenvalue weighted by atomic mass is 79.9. The van der Waals surface area contributed by atoms with Crippen LogP contribution in [0.3, 0.4) is 0 Å². The van der Waals surface area contributed by atoms with E-state index in [0.717, 1.165) is 21.6 Å². The van der Waals surface area contributed by atoms with E-state index >= 15 is 0 Å². The molecule has 0 aliphatic carbocycles. The minimum absolute atomic E-state index is 0.708. The van der Waals surface area contributed by atoms with Gasteiger partial charge in [0.05, 0.1) is 12.8 Å². The highest BCUT2D eigenvalue weighted by molar-refractivity contribution is 9.10. The van der Waals surface area contributed by atoms with Crippen LogP contribution in [-0.4, -0.2) is 17.1 Å². The summed E-state index contributed by atoms with van der Waals surface area (Å²) < 4.78 is 6.12. The van der Waals surface area contributed by atoms with Gasteiger partial charge in [0.25, 0.3) is 0 Å². The van der Waals surface area contributed by atoms with Gasteiger partial charge < -0.3 is 15.4 Å². The van der Waals surface area contributed by atoms with Crippen LogP contribution in [0.25, 0.3) is 0 Å². The second-order valence-electron chi connectivity index (χ2n) is 4.75. The number of rotatable bonds is 5. The Morgan fingerprint density at radius 1 is 0.913 bits per heavy atom. The monoisotopic (exact) mass is 370 g/mol. The van der Waals surface area contributed by atoms with Crippen molar-refractivity contribution in [3.05, 3.63) is 65.4 Å². The smallest absolute Gasteiger partial charge is 0.135 e. The van der Waals surface area contributed by atoms with Crippen LogP contribution in [0, 0.1) is 0 Å². The van der Waals surface area contributed by atoms with Crippen LogP contribution < -0.4 is 15.4 Å². The number of aromatic nitrogens is 2. The second kappa shape index (κ2) is 7.11. The third kappa shape index (κ3) is 3.98. The van der Waals surface area contributed by atoms with E-state index in [1.165, 1.54) is 6.33 Å². The fraction of sp³-hybridized carbons (Fsp3) is 0.0588. The summed E-state index contributed by atoms with van der Waals surface area (Å²) in [7, 11) is 1.65. The number of nitrogens with zero attached hydrogens (tertiary/aromatic N) is 2. The van der Waals surface area contributed by atoms with E-state index in [1.54, 1.807) is 7.11 Å². The molecule has 116 valence electrons. The molecular weight excluding hydrogens is 356 g/mol. The van der Waals surface area contributed by atoms with E-state index in [1.807, 2.05) is 54.6 Å². The van der Waals surface area contributed by atoms with Gasteiger partial charge in [0.15, 0.2) is 0 Å². The largest absolute Gasteiger partial charge is 0.497 e. The molecule has 3 aromatic rings. The Morgan fingerprint density at radius 3 is 2.30 bits per heavy atom. The van der Waals surface area contributed by atoms with Crippen molar-refractivity contribution in [2.45, 2.75) is 0 Å². The SMILES string of the molecule is COc1ccc(Nc2cc(Nc3ccccc3Br)ncn2)cc1. The first-order valence-electron chi connectivity index (χ1n) is 6.99. The number of anilines is 4. The molecule has 0 aliphatic heterocycles. The van der Waals surface area contributed by atoms with Crippen LogP contribution in [-0.2, 0) is 0 Å². The highest BCUT2D eigenvalue weighted by Crippen LogP contribution is 2.25. The van der Waals surface area contributed by atoms with Crippen LogP contribution in [0.4, 0.5) is 23.0 Å². The normalized spacial score (nSPS) is 10.2. The third-order valence-corrected chi connectivity index (χ3v) is 3.86. The number of hydrogen-bond donors (Lipinski definition) is 2. The summed E-state index contributed by atoms with van der Waals surface area (Å²) in [5.74, 6) is 2.23. The molecule has 6 heteroatoms. The average Bonchev–Trinajstić information content (AvgIpc) is 2.58. The van der Waals surface area contributed by atoms with Gasteiger partial charge in [0.1, 0.15) is 23.7 Å². The summed E-state index contributed by atoms with van der Waals surface area (Å²) in [5, 5.41) is 6.50. The molecule has 0 spiro atoms. The van der Waals surface area contributed by atoms with Crippen molar-refractivity contribution in [1.82, 2.24) is 9.97 Å². The standard InChI is InChI=1S/C17H15BrN4O/c1-23-13-8-6-12(7-9-13)21-16-10-17(20-11-19-16)22-15-5-3-2-4-14(15)18/h2-11H,1H3,(H2,19,20,21,22). The van der Waals surface area contributed by atoms with Crippen LogP contribution in [0.1, 0.15) is 0 Å². The molecule has 0 atom stereocenters. The number of halogens is 1. The predicted octanol–water partition coefficient (Wildman–Crippen LogP) is 4.73. The molecule has 1 aromatic heterocycles. The summed E-state index contributed by atoms with van der Waals surface area (Å²) in [5.41, 5.74) is 1.87. The lowest BCUT2D eigenvalue weighted by Crippen LogP contribution is -1.98. The van der Waals surface area contributed by atoms with E-state index in [-0.39, 0.29) is 0 Å². The molecule has 0 bridgehead atoms. The number of benzene rings is 2. The molecule has 0 radical (unpaired) electrons. The Hall–Kier alpha value is -2.60. The maximum Gasteiger partial charge on any atom is 0.135 e. The molecule has 1 heterocycles. The fourth-order valence-corrected chi connectivity index (χ4v) is 2.40. The Bertz CT molecular complexity index is 793. The molecule has 0 fully saturated rings. The van der Waals surface area contributed by atoms with Gasteiger partial charge in [-0.3, -0.25) is 0 Å². The van der Waals surface area contributed by atoms with E-state index in [9.17, 15) is 0 Å². The first kappa shape index (κ1) is 15.3. The maximum atomic E-state index is 5.15. The van der Waals surface area contributed by atoms with Crippen molar-refractivity contribution in [1.29, 1.82) is 0 Å². The first-order chi connectivity index (χ1) is 11.2. The van der Waals surface area contributed by atoms with Crippen molar-refractivity contribution in [3.63, 3.8) is 0 Å². The van der Waals surface area contributed by atoms with Gasteiger partial charge in [-0.1, -0.05) is 12.1 Å². The summed E-state index contributed by atoms with van der Waals surface area (Å²) in [6.45, 7) is 0. The molecule has 0 saturated heterocycles. The van der Waals surface area contributed by atoms with Crippen LogP contribution in [0.2, 0.25) is 0 Å². The van der Waals surface area contributed by atoms with Gasteiger partial charge in [-0.25, -0.2) is 9.97 Å². The van der Waals surface area contributed by atoms with Gasteiger partial charge in [-0.05, 0) is 52.3 Å². The lowest BCUT2D eigenvalue weighted by Gasteiger charge is -2.10. The molecule has 2 N–H and O–H groups in total. The van der Waals surface area contributed by atoms with Crippen molar-refractivity contribution in [2.75, 3.05) is 17.7 Å². The van der Waals surface area contributed by atoms with Crippen LogP contribution >= 0.6 is 15.9 Å². The zero-order valence-electron chi connectivity index (χ0n) is 12.5. The number of para-hydroxylation sites is 1. The Kier molecular flexibility index (Phi) is 4.73. The molecule has 0 saturated carbocycles. The Morgan fingerprint density at radius 2 is 1.61 bits per heavy atom. The predicted molar refractivity (Wildman–Crippen MR) is 95.7 cm³/mol. The fourth-order valence-electron chi connectivity index (χ4n) is 2.02. The number of hydrogen-bond acceptors (Lipinski definition) is 5. The molecule has 0 amide bonds. The number of methoxy groups -OCH3 is 1. The lowest BCUT2D eigenvalue weighted by atomic mass is 10.3. The summed E-state index contributed by atoms with van der Waals surface area (Å²) >= 11 is 3.51. The van der Waals surface area contributed by atoms with Crippen LogP contribution in [0.15, 0.2) is 65.4 Å². The summed E-state index contributed by atoms with van der Waals surface area (Å²) in [4.78, 5) is 8.48. The molecular formula is C17H15BrN4O. The summed E-state index contributed by atoms with van der Waals surface area (Å²) in [6, 6.07) is 17.4. The van der Waals surface area contributed by atoms with Gasteiger partial charge in [0, 0.05) is 16.2 Å². The zero-order valence-corrected chi connectivity index (χ0v) is 14.0. The van der Waals surface area contributed by atoms with Gasteiger partial charge in [-0.2, -0.15) is 0 Å². The third-order valence-electron chi connectivity index (χ3n) is 3.17. The molecule has 2 aromatic carbocycles. The topological polar surface area (TPSA) is 59.1 Å². The van der Waals surface area contributed by atoms with E-state index in [0.29, 0.717) is 11.6 Å². The zero-order chi connectivity index (χ0) is 16.1. The molecule has 0 unspecified atom stereocenters. The van der Waals surface area contributed by atoms with Crippen molar-refractivity contribution < 1.29 is 4.74 Å². The number of ether oxygens (including phenoxy) is 1. The Labute approximate surface area is 142 Å². The van der Waals surface area contributed by atoms with Gasteiger partial charge >= 0.3 is 0 Å². The lowest BCUT2D eigenvalue weighted by molar-refractivity contribution is 0.415. The quantitative estimate of drug-likeness (QED) is 0.679. The van der Waals surface area contributed by atoms with Gasteiger partial charge in [-0.15, -0.1) is 0 Å². The molecule has 0 aliphatic rings. The maximum absolute atomic E-state index is 5.15. The second-order valence-corrected chi connectivity index (χ2v) is 5.60. The Balaban J connectivity index is 1.75. The van der Waals surface area contributed by atoms with Crippen molar-refractivity contribution in [3.8, 4) is 5.75 Å². The molecule has 23 heavy (non-hydrogen) atoms. The van der Waals surface area contributed by atoms with E-state index < -0.39 is 0 Å². The minimum atomic E-state index is 0.708. The highest BCUT2D eigenvalue weighted by Gasteiger charge is 2.03. The van der Waals surface area contributed by atoms with Gasteiger partial charge in [0.2, 0.25) is 0 Å². The van der Waals surface area contributed by atoms with Crippen LogP contribution in [0.5, 0.6) is 5.75 Å². The van der Waals surface area contributed by atoms with E-state index in [4.69, 9.17) is 4.74 Å². The van der Waals surface area contributed by atoms with Crippen molar-refractivity contribution >= 4 is 38.9 Å². The molecule has 3 rings (SSSR count). The number of nitrogens with one attached hydrogen (secondary N) is 2. The minimum Gasteiger partial charge on any atom is -0.497 e. The van der Waals surface area contributed by atoms with E-state index in [2.05, 4.69) is 36.5 Å². The summed E-state index contributed by atoms with van der Waals surface area (Å²) in [6.07, 6.45) is 1.52.